The normalized spacial score (nSPS) is 13.5. The molecule has 2 N–H and O–H groups in total. The molecule has 0 unspecified atom stereocenters. The first-order chi connectivity index (χ1) is 11.3. The Labute approximate surface area is 134 Å². The summed E-state index contributed by atoms with van der Waals surface area (Å²) in [4.78, 5) is 23.3. The Morgan fingerprint density at radius 3 is 2.50 bits per heavy atom. The molecule has 2 aromatic carbocycles. The van der Waals surface area contributed by atoms with Gasteiger partial charge in [0.05, 0.1) is 11.3 Å². The van der Waals surface area contributed by atoms with Crippen LogP contribution in [0.15, 0.2) is 42.5 Å². The minimum absolute atomic E-state index is 0.0925. The van der Waals surface area contributed by atoms with E-state index in [1.165, 1.54) is 6.07 Å². The molecule has 124 valence electrons. The smallest absolute Gasteiger partial charge is 0.416 e. The summed E-state index contributed by atoms with van der Waals surface area (Å²) in [6.07, 6.45) is -4.45. The van der Waals surface area contributed by atoms with E-state index in [-0.39, 0.29) is 18.1 Å². The highest BCUT2D eigenvalue weighted by molar-refractivity contribution is 6.05. The number of rotatable bonds is 2. The lowest BCUT2D eigenvalue weighted by Gasteiger charge is -2.18. The molecule has 1 heterocycles. The standard InChI is InChI=1S/C16H11F3N2O3/c17-16(18,19)10-3-1-9(2-4-10)15(23)20-11-5-6-12-13(7-11)24-8-14(22)21-12/h1-7H,8H2,(H,20,23)(H,21,22). The third kappa shape index (κ3) is 3.32. The quantitative estimate of drug-likeness (QED) is 0.884. The Hall–Kier alpha value is -3.03. The second-order valence-electron chi connectivity index (χ2n) is 5.08. The molecule has 0 atom stereocenters. The molecule has 0 aromatic heterocycles. The van der Waals surface area contributed by atoms with Gasteiger partial charge >= 0.3 is 6.18 Å². The lowest BCUT2D eigenvalue weighted by atomic mass is 10.1. The second-order valence-corrected chi connectivity index (χ2v) is 5.08. The van der Waals surface area contributed by atoms with Gasteiger partial charge in [-0.15, -0.1) is 0 Å². The molecule has 3 rings (SSSR count). The highest BCUT2D eigenvalue weighted by Crippen LogP contribution is 2.31. The van der Waals surface area contributed by atoms with Crippen LogP contribution in [0.25, 0.3) is 0 Å². The van der Waals surface area contributed by atoms with Gasteiger partial charge in [-0.05, 0) is 36.4 Å². The highest BCUT2D eigenvalue weighted by Gasteiger charge is 2.30. The number of amides is 2. The molecule has 0 saturated carbocycles. The van der Waals surface area contributed by atoms with E-state index < -0.39 is 17.6 Å². The molecular weight excluding hydrogens is 325 g/mol. The zero-order valence-corrected chi connectivity index (χ0v) is 12.1. The Balaban J connectivity index is 1.74. The number of ether oxygens (including phenoxy) is 1. The van der Waals surface area contributed by atoms with Crippen LogP contribution in [0.4, 0.5) is 24.5 Å². The molecule has 2 amide bonds. The van der Waals surface area contributed by atoms with Gasteiger partial charge in [0, 0.05) is 17.3 Å². The van der Waals surface area contributed by atoms with Crippen LogP contribution in [0.2, 0.25) is 0 Å². The highest BCUT2D eigenvalue weighted by atomic mass is 19.4. The van der Waals surface area contributed by atoms with Crippen LogP contribution in [0.1, 0.15) is 15.9 Å². The van der Waals surface area contributed by atoms with E-state index in [0.717, 1.165) is 24.3 Å². The van der Waals surface area contributed by atoms with Gasteiger partial charge < -0.3 is 15.4 Å². The van der Waals surface area contributed by atoms with Crippen LogP contribution >= 0.6 is 0 Å². The topological polar surface area (TPSA) is 67.4 Å². The van der Waals surface area contributed by atoms with Crippen molar-refractivity contribution < 1.29 is 27.5 Å². The number of hydrogen-bond acceptors (Lipinski definition) is 3. The number of fused-ring (bicyclic) bond motifs is 1. The summed E-state index contributed by atoms with van der Waals surface area (Å²) in [6.45, 7) is -0.122. The fourth-order valence-electron chi connectivity index (χ4n) is 2.17. The average Bonchev–Trinajstić information content (AvgIpc) is 2.54. The summed E-state index contributed by atoms with van der Waals surface area (Å²) in [7, 11) is 0. The predicted molar refractivity (Wildman–Crippen MR) is 80.0 cm³/mol. The maximum absolute atomic E-state index is 12.5. The fourth-order valence-corrected chi connectivity index (χ4v) is 2.17. The van der Waals surface area contributed by atoms with Gasteiger partial charge in [-0.25, -0.2) is 0 Å². The van der Waals surface area contributed by atoms with E-state index in [4.69, 9.17) is 4.74 Å². The molecule has 0 spiro atoms. The Kier molecular flexibility index (Phi) is 3.88. The van der Waals surface area contributed by atoms with Gasteiger partial charge in [0.1, 0.15) is 5.75 Å². The van der Waals surface area contributed by atoms with Gasteiger partial charge in [-0.3, -0.25) is 9.59 Å². The maximum Gasteiger partial charge on any atom is 0.416 e. The number of carbonyl (C=O) groups excluding carboxylic acids is 2. The maximum atomic E-state index is 12.5. The van der Waals surface area contributed by atoms with E-state index in [1.54, 1.807) is 12.1 Å². The van der Waals surface area contributed by atoms with E-state index in [1.807, 2.05) is 0 Å². The Morgan fingerprint density at radius 2 is 1.83 bits per heavy atom. The van der Waals surface area contributed by atoms with Gasteiger partial charge in [0.25, 0.3) is 11.8 Å². The zero-order chi connectivity index (χ0) is 17.3. The third-order valence-electron chi connectivity index (χ3n) is 3.35. The lowest BCUT2D eigenvalue weighted by Crippen LogP contribution is -2.25. The summed E-state index contributed by atoms with van der Waals surface area (Å²) in [5.41, 5.74) is 0.153. The number of nitrogens with one attached hydrogen (secondary N) is 2. The monoisotopic (exact) mass is 336 g/mol. The number of anilines is 2. The lowest BCUT2D eigenvalue weighted by molar-refractivity contribution is -0.137. The second kappa shape index (κ2) is 5.88. The van der Waals surface area contributed by atoms with Crippen LogP contribution in [0.5, 0.6) is 5.75 Å². The molecule has 0 radical (unpaired) electrons. The number of hydrogen-bond donors (Lipinski definition) is 2. The summed E-state index contributed by atoms with van der Waals surface area (Å²) >= 11 is 0. The number of alkyl halides is 3. The van der Waals surface area contributed by atoms with Crippen LogP contribution in [0, 0.1) is 0 Å². The molecule has 1 aliphatic rings. The van der Waals surface area contributed by atoms with E-state index >= 15 is 0 Å². The molecule has 8 heteroatoms. The number of benzene rings is 2. The average molecular weight is 336 g/mol. The van der Waals surface area contributed by atoms with Crippen molar-refractivity contribution in [1.82, 2.24) is 0 Å². The molecule has 0 fully saturated rings. The van der Waals surface area contributed by atoms with Crippen molar-refractivity contribution in [3.63, 3.8) is 0 Å². The van der Waals surface area contributed by atoms with E-state index in [9.17, 15) is 22.8 Å². The SMILES string of the molecule is O=C1COc2cc(NC(=O)c3ccc(C(F)(F)F)cc3)ccc2N1. The summed E-state index contributed by atoms with van der Waals surface area (Å²) < 4.78 is 42.8. The first-order valence-electron chi connectivity index (χ1n) is 6.88. The number of halogens is 3. The molecule has 0 aliphatic carbocycles. The van der Waals surface area contributed by atoms with Gasteiger partial charge in [-0.2, -0.15) is 13.2 Å². The van der Waals surface area contributed by atoms with Crippen molar-refractivity contribution >= 4 is 23.2 Å². The van der Waals surface area contributed by atoms with Crippen molar-refractivity contribution in [2.75, 3.05) is 17.2 Å². The number of carbonyl (C=O) groups is 2. The van der Waals surface area contributed by atoms with Gasteiger partial charge in [-0.1, -0.05) is 0 Å². The van der Waals surface area contributed by atoms with Crippen molar-refractivity contribution in [3.8, 4) is 5.75 Å². The minimum Gasteiger partial charge on any atom is -0.482 e. The summed E-state index contributed by atoms with van der Waals surface area (Å²) in [5.74, 6) is -0.424. The fraction of sp³-hybridized carbons (Fsp3) is 0.125. The van der Waals surface area contributed by atoms with Crippen molar-refractivity contribution in [2.45, 2.75) is 6.18 Å². The zero-order valence-electron chi connectivity index (χ0n) is 12.1. The van der Waals surface area contributed by atoms with E-state index in [0.29, 0.717) is 17.1 Å². The summed E-state index contributed by atoms with van der Waals surface area (Å²) in [5, 5.41) is 5.17. The van der Waals surface area contributed by atoms with Gasteiger partial charge in [0.15, 0.2) is 6.61 Å². The predicted octanol–water partition coefficient (Wildman–Crippen LogP) is 3.29. The molecular formula is C16H11F3N2O3. The molecule has 5 nitrogen and oxygen atoms in total. The van der Waals surface area contributed by atoms with Crippen LogP contribution in [-0.4, -0.2) is 18.4 Å². The van der Waals surface area contributed by atoms with Crippen LogP contribution < -0.4 is 15.4 Å². The molecule has 1 aliphatic heterocycles. The molecule has 24 heavy (non-hydrogen) atoms. The Morgan fingerprint density at radius 1 is 1.12 bits per heavy atom. The van der Waals surface area contributed by atoms with Crippen molar-refractivity contribution in [1.29, 1.82) is 0 Å². The Bertz CT molecular complexity index is 801. The molecule has 0 saturated heterocycles. The largest absolute Gasteiger partial charge is 0.482 e. The molecule has 2 aromatic rings. The molecule has 0 bridgehead atoms. The van der Waals surface area contributed by atoms with Gasteiger partial charge in [0.2, 0.25) is 0 Å². The minimum atomic E-state index is -4.45. The van der Waals surface area contributed by atoms with Crippen molar-refractivity contribution in [2.24, 2.45) is 0 Å². The first-order valence-corrected chi connectivity index (χ1v) is 6.88. The third-order valence-corrected chi connectivity index (χ3v) is 3.35. The van der Waals surface area contributed by atoms with E-state index in [2.05, 4.69) is 10.6 Å². The van der Waals surface area contributed by atoms with Crippen LogP contribution in [-0.2, 0) is 11.0 Å². The van der Waals surface area contributed by atoms with Crippen molar-refractivity contribution in [3.05, 3.63) is 53.6 Å². The first kappa shape index (κ1) is 15.9. The van der Waals surface area contributed by atoms with Crippen LogP contribution in [0.3, 0.4) is 0 Å². The summed E-state index contributed by atoms with van der Waals surface area (Å²) in [6, 6.07) is 8.54.